The fraction of sp³-hybridized carbons (Fsp3) is 0.240. The number of pyridine rings is 1. The predicted molar refractivity (Wildman–Crippen MR) is 131 cm³/mol. The Balaban J connectivity index is 0.00000231. The first-order valence-corrected chi connectivity index (χ1v) is 10.4. The number of furan rings is 1. The van der Waals surface area contributed by atoms with Gasteiger partial charge in [-0.05, 0) is 48.5 Å². The fourth-order valence-electron chi connectivity index (χ4n) is 4.05. The van der Waals surface area contributed by atoms with Crippen LogP contribution in [0.25, 0.3) is 33.4 Å². The number of nitrogens with one attached hydrogen (secondary N) is 1. The molecule has 0 aliphatic carbocycles. The highest BCUT2D eigenvalue weighted by molar-refractivity contribution is 5.93. The van der Waals surface area contributed by atoms with Gasteiger partial charge in [-0.25, -0.2) is 0 Å². The zero-order chi connectivity index (χ0) is 20.5. The number of benzene rings is 2. The summed E-state index contributed by atoms with van der Waals surface area (Å²) in [5.74, 6) is 0. The second kappa shape index (κ2) is 9.00. The van der Waals surface area contributed by atoms with E-state index in [0.29, 0.717) is 0 Å². The summed E-state index contributed by atoms with van der Waals surface area (Å²) in [6.45, 7) is 4.38. The van der Waals surface area contributed by atoms with Crippen LogP contribution in [0.1, 0.15) is 0 Å². The van der Waals surface area contributed by atoms with Gasteiger partial charge in [0, 0.05) is 61.9 Å². The number of halogens is 1. The molecule has 2 aromatic heterocycles. The van der Waals surface area contributed by atoms with Gasteiger partial charge in [-0.1, -0.05) is 24.3 Å². The summed E-state index contributed by atoms with van der Waals surface area (Å²) in [4.78, 5) is 9.56. The molecule has 6 heteroatoms. The first-order chi connectivity index (χ1) is 14.7. The average Bonchev–Trinajstić information content (AvgIpc) is 3.23. The van der Waals surface area contributed by atoms with Crippen molar-refractivity contribution in [1.29, 1.82) is 0 Å². The Morgan fingerprint density at radius 1 is 0.903 bits per heavy atom. The molecule has 2 aromatic carbocycles. The third-order valence-electron chi connectivity index (χ3n) is 5.94. The van der Waals surface area contributed by atoms with Gasteiger partial charge in [0.1, 0.15) is 11.8 Å². The Morgan fingerprint density at radius 3 is 2.42 bits per heavy atom. The van der Waals surface area contributed by atoms with Crippen LogP contribution in [-0.4, -0.2) is 50.2 Å². The molecular weight excluding hydrogens is 408 g/mol. The van der Waals surface area contributed by atoms with Crippen LogP contribution < -0.4 is 10.2 Å². The summed E-state index contributed by atoms with van der Waals surface area (Å²) in [6, 6.07) is 19.1. The number of hydrogen-bond acceptors (Lipinski definition) is 5. The van der Waals surface area contributed by atoms with E-state index in [4.69, 9.17) is 9.40 Å². The van der Waals surface area contributed by atoms with Crippen molar-refractivity contribution in [3.05, 3.63) is 67.1 Å². The average molecular weight is 435 g/mol. The monoisotopic (exact) mass is 434 g/mol. The van der Waals surface area contributed by atoms with Crippen molar-refractivity contribution in [2.24, 2.45) is 0 Å². The number of rotatable bonds is 4. The number of hydrogen-bond donors (Lipinski definition) is 1. The number of aromatic nitrogens is 1. The van der Waals surface area contributed by atoms with Gasteiger partial charge in [0.15, 0.2) is 5.58 Å². The molecule has 0 amide bonds. The molecule has 0 atom stereocenters. The lowest BCUT2D eigenvalue weighted by molar-refractivity contribution is 0.313. The van der Waals surface area contributed by atoms with Gasteiger partial charge >= 0.3 is 0 Å². The molecule has 3 heterocycles. The van der Waals surface area contributed by atoms with Gasteiger partial charge in [-0.2, -0.15) is 0 Å². The predicted octanol–water partition coefficient (Wildman–Crippen LogP) is 5.38. The largest absolute Gasteiger partial charge is 0.462 e. The van der Waals surface area contributed by atoms with E-state index in [1.807, 2.05) is 25.4 Å². The maximum Gasteiger partial charge on any atom is 0.153 e. The van der Waals surface area contributed by atoms with E-state index in [-0.39, 0.29) is 12.4 Å². The summed E-state index contributed by atoms with van der Waals surface area (Å²) >= 11 is 0. The van der Waals surface area contributed by atoms with Crippen molar-refractivity contribution in [2.45, 2.75) is 0 Å². The van der Waals surface area contributed by atoms with Gasteiger partial charge in [0.05, 0.1) is 0 Å². The molecule has 0 radical (unpaired) electrons. The Hall–Kier alpha value is -3.02. The van der Waals surface area contributed by atoms with Crippen LogP contribution in [-0.2, 0) is 0 Å². The van der Waals surface area contributed by atoms with Gasteiger partial charge in [-0.3, -0.25) is 4.98 Å². The van der Waals surface area contributed by atoms with Gasteiger partial charge in [-0.15, -0.1) is 12.4 Å². The minimum atomic E-state index is 0. The topological polar surface area (TPSA) is 44.5 Å². The van der Waals surface area contributed by atoms with E-state index in [1.54, 1.807) is 6.26 Å². The Morgan fingerprint density at radius 2 is 1.68 bits per heavy atom. The van der Waals surface area contributed by atoms with Gasteiger partial charge in [0.25, 0.3) is 0 Å². The quantitative estimate of drug-likeness (QED) is 0.467. The molecule has 1 N–H and O–H groups in total. The fourth-order valence-corrected chi connectivity index (χ4v) is 4.05. The van der Waals surface area contributed by atoms with E-state index in [2.05, 4.69) is 64.6 Å². The molecule has 160 valence electrons. The standard InChI is InChI=1S/C25H26N4O.ClH/c1-26-21-5-3-4-19(14-21)23-17-30-24-15-20(16-27-25(23)24)18-6-8-22(9-7-18)29-12-10-28(2)11-13-29;/h3-9,14-17,26H,10-13H2,1-2H3;1H. The Bertz CT molecular complexity index is 1160. The van der Waals surface area contributed by atoms with E-state index in [9.17, 15) is 0 Å². The maximum atomic E-state index is 5.87. The van der Waals surface area contributed by atoms with E-state index < -0.39 is 0 Å². The van der Waals surface area contributed by atoms with E-state index in [1.165, 1.54) is 5.69 Å². The molecule has 1 aliphatic heterocycles. The summed E-state index contributed by atoms with van der Waals surface area (Å²) in [5.41, 5.74) is 8.37. The van der Waals surface area contributed by atoms with Gasteiger partial charge in [0.2, 0.25) is 0 Å². The van der Waals surface area contributed by atoms with Crippen LogP contribution in [0.4, 0.5) is 11.4 Å². The van der Waals surface area contributed by atoms with Crippen molar-refractivity contribution in [2.75, 3.05) is 50.5 Å². The third-order valence-corrected chi connectivity index (χ3v) is 5.94. The lowest BCUT2D eigenvalue weighted by Gasteiger charge is -2.34. The normalized spacial score (nSPS) is 14.5. The molecule has 0 bridgehead atoms. The lowest BCUT2D eigenvalue weighted by atomic mass is 10.0. The highest BCUT2D eigenvalue weighted by Crippen LogP contribution is 2.33. The first-order valence-electron chi connectivity index (χ1n) is 10.4. The molecule has 1 fully saturated rings. The minimum Gasteiger partial charge on any atom is -0.462 e. The van der Waals surface area contributed by atoms with Crippen molar-refractivity contribution < 1.29 is 4.42 Å². The molecule has 4 aromatic rings. The number of anilines is 2. The van der Waals surface area contributed by atoms with Crippen LogP contribution >= 0.6 is 12.4 Å². The third kappa shape index (κ3) is 4.24. The Kier molecular flexibility index (Phi) is 6.16. The summed E-state index contributed by atoms with van der Waals surface area (Å²) in [6.07, 6.45) is 3.74. The van der Waals surface area contributed by atoms with Crippen LogP contribution in [0.2, 0.25) is 0 Å². The molecule has 0 spiro atoms. The maximum absolute atomic E-state index is 5.87. The zero-order valence-electron chi connectivity index (χ0n) is 17.8. The molecule has 5 rings (SSSR count). The second-order valence-electron chi connectivity index (χ2n) is 7.89. The minimum absolute atomic E-state index is 0. The van der Waals surface area contributed by atoms with E-state index in [0.717, 1.165) is 65.2 Å². The smallest absolute Gasteiger partial charge is 0.153 e. The number of likely N-dealkylation sites (N-methyl/N-ethyl adjacent to an activating group) is 1. The summed E-state index contributed by atoms with van der Waals surface area (Å²) in [7, 11) is 4.10. The number of piperazine rings is 1. The van der Waals surface area contributed by atoms with Crippen LogP contribution in [0.15, 0.2) is 71.5 Å². The van der Waals surface area contributed by atoms with Crippen LogP contribution in [0, 0.1) is 0 Å². The SMILES string of the molecule is CNc1cccc(-c2coc3cc(-c4ccc(N5CCN(C)CC5)cc4)cnc23)c1.Cl. The highest BCUT2D eigenvalue weighted by Gasteiger charge is 2.15. The van der Waals surface area contributed by atoms with Crippen molar-refractivity contribution >= 4 is 34.9 Å². The molecule has 1 saturated heterocycles. The number of fused-ring (bicyclic) bond motifs is 1. The number of nitrogens with zero attached hydrogens (tertiary/aromatic N) is 3. The van der Waals surface area contributed by atoms with Crippen molar-refractivity contribution in [1.82, 2.24) is 9.88 Å². The molecule has 1 aliphatic rings. The van der Waals surface area contributed by atoms with Crippen molar-refractivity contribution in [3.63, 3.8) is 0 Å². The summed E-state index contributed by atoms with van der Waals surface area (Å²) < 4.78 is 5.87. The lowest BCUT2D eigenvalue weighted by Crippen LogP contribution is -2.44. The second-order valence-corrected chi connectivity index (χ2v) is 7.89. The van der Waals surface area contributed by atoms with E-state index >= 15 is 0 Å². The van der Waals surface area contributed by atoms with Crippen LogP contribution in [0.5, 0.6) is 0 Å². The molecular formula is C25H27ClN4O. The summed E-state index contributed by atoms with van der Waals surface area (Å²) in [5, 5.41) is 3.18. The first kappa shape index (κ1) is 21.2. The molecule has 0 saturated carbocycles. The molecule has 0 unspecified atom stereocenters. The molecule has 31 heavy (non-hydrogen) atoms. The highest BCUT2D eigenvalue weighted by atomic mass is 35.5. The van der Waals surface area contributed by atoms with Crippen LogP contribution in [0.3, 0.4) is 0 Å². The Labute approximate surface area is 189 Å². The van der Waals surface area contributed by atoms with Crippen molar-refractivity contribution in [3.8, 4) is 22.3 Å². The zero-order valence-corrected chi connectivity index (χ0v) is 18.7. The molecule has 5 nitrogen and oxygen atoms in total. The van der Waals surface area contributed by atoms with Gasteiger partial charge < -0.3 is 19.5 Å².